The van der Waals surface area contributed by atoms with E-state index in [1.807, 2.05) is 0 Å². The molecule has 2 aromatic rings. The molecule has 0 aliphatic rings. The summed E-state index contributed by atoms with van der Waals surface area (Å²) < 4.78 is 39.4. The topological polar surface area (TPSA) is 0 Å². The van der Waals surface area contributed by atoms with Crippen LogP contribution in [0.4, 0.5) is 13.2 Å². The van der Waals surface area contributed by atoms with Crippen LogP contribution < -0.4 is 0 Å². The van der Waals surface area contributed by atoms with Crippen LogP contribution in [0.15, 0.2) is 42.5 Å². The van der Waals surface area contributed by atoms with Crippen molar-refractivity contribution in [2.45, 2.75) is 0 Å². The van der Waals surface area contributed by atoms with E-state index in [1.165, 1.54) is 18.2 Å². The third-order valence-electron chi connectivity index (χ3n) is 2.31. The maximum absolute atomic E-state index is 13.3. The first kappa shape index (κ1) is 11.5. The second kappa shape index (κ2) is 4.87. The second-order valence-electron chi connectivity index (χ2n) is 3.52. The van der Waals surface area contributed by atoms with Gasteiger partial charge in [-0.1, -0.05) is 30.4 Å². The van der Waals surface area contributed by atoms with Crippen LogP contribution in [-0.2, 0) is 0 Å². The van der Waals surface area contributed by atoms with Crippen molar-refractivity contribution in [2.24, 2.45) is 0 Å². The molecule has 0 amide bonds. The van der Waals surface area contributed by atoms with Gasteiger partial charge in [-0.25, -0.2) is 13.2 Å². The zero-order chi connectivity index (χ0) is 12.3. The molecule has 0 aliphatic carbocycles. The third kappa shape index (κ3) is 2.75. The molecule has 2 aromatic carbocycles. The van der Waals surface area contributed by atoms with Crippen LogP contribution in [0.3, 0.4) is 0 Å². The molecule has 0 radical (unpaired) electrons. The number of benzene rings is 2. The van der Waals surface area contributed by atoms with Crippen LogP contribution in [0.2, 0.25) is 0 Å². The van der Waals surface area contributed by atoms with Gasteiger partial charge < -0.3 is 0 Å². The summed E-state index contributed by atoms with van der Waals surface area (Å²) in [6.07, 6.45) is 2.75. The van der Waals surface area contributed by atoms with Crippen molar-refractivity contribution in [2.75, 3.05) is 0 Å². The average molecular weight is 234 g/mol. The summed E-state index contributed by atoms with van der Waals surface area (Å²) in [6, 6.07) is 9.24. The second-order valence-corrected chi connectivity index (χ2v) is 3.52. The summed E-state index contributed by atoms with van der Waals surface area (Å²) >= 11 is 0. The smallest absolute Gasteiger partial charge is 0.130 e. The number of hydrogen-bond donors (Lipinski definition) is 0. The van der Waals surface area contributed by atoms with E-state index in [1.54, 1.807) is 18.2 Å². The number of rotatable bonds is 2. The van der Waals surface area contributed by atoms with Gasteiger partial charge in [0.15, 0.2) is 0 Å². The minimum atomic E-state index is -0.543. The van der Waals surface area contributed by atoms with Gasteiger partial charge in [-0.2, -0.15) is 0 Å². The van der Waals surface area contributed by atoms with Gasteiger partial charge in [0, 0.05) is 11.1 Å². The van der Waals surface area contributed by atoms with Crippen LogP contribution in [0, 0.1) is 17.5 Å². The first-order valence-electron chi connectivity index (χ1n) is 5.04. The molecule has 0 atom stereocenters. The lowest BCUT2D eigenvalue weighted by atomic mass is 10.1. The number of hydrogen-bond acceptors (Lipinski definition) is 0. The van der Waals surface area contributed by atoms with Gasteiger partial charge in [-0.3, -0.25) is 0 Å². The first-order valence-corrected chi connectivity index (χ1v) is 5.04. The molecule has 0 unspecified atom stereocenters. The van der Waals surface area contributed by atoms with Crippen molar-refractivity contribution in [1.29, 1.82) is 0 Å². The van der Waals surface area contributed by atoms with E-state index in [9.17, 15) is 13.2 Å². The largest absolute Gasteiger partial charge is 0.207 e. The Balaban J connectivity index is 2.32. The lowest BCUT2D eigenvalue weighted by Gasteiger charge is -1.98. The lowest BCUT2D eigenvalue weighted by Crippen LogP contribution is -1.84. The van der Waals surface area contributed by atoms with Gasteiger partial charge in [0.05, 0.1) is 0 Å². The van der Waals surface area contributed by atoms with Crippen molar-refractivity contribution in [1.82, 2.24) is 0 Å². The van der Waals surface area contributed by atoms with Gasteiger partial charge in [-0.15, -0.1) is 0 Å². The Morgan fingerprint density at radius 2 is 1.35 bits per heavy atom. The molecule has 17 heavy (non-hydrogen) atoms. The van der Waals surface area contributed by atoms with Gasteiger partial charge >= 0.3 is 0 Å². The molecule has 0 aliphatic heterocycles. The Kier molecular flexibility index (Phi) is 3.28. The Morgan fingerprint density at radius 1 is 0.706 bits per heavy atom. The minimum Gasteiger partial charge on any atom is -0.207 e. The summed E-state index contributed by atoms with van der Waals surface area (Å²) in [5.74, 6) is -1.47. The van der Waals surface area contributed by atoms with E-state index >= 15 is 0 Å². The fourth-order valence-electron chi connectivity index (χ4n) is 1.43. The molecule has 0 bridgehead atoms. The predicted molar refractivity (Wildman–Crippen MR) is 61.7 cm³/mol. The minimum absolute atomic E-state index is 0.0910. The quantitative estimate of drug-likeness (QED) is 0.680. The summed E-state index contributed by atoms with van der Waals surface area (Å²) in [6.45, 7) is 0. The molecule has 3 heteroatoms. The third-order valence-corrected chi connectivity index (χ3v) is 2.31. The highest BCUT2D eigenvalue weighted by Crippen LogP contribution is 2.15. The molecule has 86 valence electrons. The lowest BCUT2D eigenvalue weighted by molar-refractivity contribution is 0.598. The Bertz CT molecular complexity index is 559. The van der Waals surface area contributed by atoms with Crippen molar-refractivity contribution < 1.29 is 13.2 Å². The molecule has 0 fully saturated rings. The van der Waals surface area contributed by atoms with Crippen molar-refractivity contribution in [3.05, 3.63) is 71.0 Å². The fraction of sp³-hybridized carbons (Fsp3) is 0. The van der Waals surface area contributed by atoms with E-state index in [4.69, 9.17) is 0 Å². The average Bonchev–Trinajstić information content (AvgIpc) is 2.32. The molecular formula is C14H9F3. The highest BCUT2D eigenvalue weighted by molar-refractivity contribution is 5.70. The monoisotopic (exact) mass is 234 g/mol. The fourth-order valence-corrected chi connectivity index (χ4v) is 1.43. The van der Waals surface area contributed by atoms with Crippen molar-refractivity contribution in [3.63, 3.8) is 0 Å². The van der Waals surface area contributed by atoms with Gasteiger partial charge in [0.25, 0.3) is 0 Å². The van der Waals surface area contributed by atoms with Crippen LogP contribution in [-0.4, -0.2) is 0 Å². The zero-order valence-electron chi connectivity index (χ0n) is 8.83. The van der Waals surface area contributed by atoms with Crippen LogP contribution >= 0.6 is 0 Å². The SMILES string of the molecule is Fc1ccc(F)c(/C=C/c2ccccc2F)c1. The van der Waals surface area contributed by atoms with Gasteiger partial charge in [0.1, 0.15) is 17.5 Å². The normalized spacial score (nSPS) is 11.0. The zero-order valence-corrected chi connectivity index (χ0v) is 8.83. The molecular weight excluding hydrogens is 225 g/mol. The highest BCUT2D eigenvalue weighted by Gasteiger charge is 2.01. The van der Waals surface area contributed by atoms with E-state index in [0.29, 0.717) is 5.56 Å². The van der Waals surface area contributed by atoms with Crippen LogP contribution in [0.25, 0.3) is 12.2 Å². The molecule has 0 N–H and O–H groups in total. The summed E-state index contributed by atoms with van der Waals surface area (Å²) in [5.41, 5.74) is 0.421. The molecule has 2 rings (SSSR count). The number of halogens is 3. The molecule has 0 saturated heterocycles. The van der Waals surface area contributed by atoms with Crippen molar-refractivity contribution in [3.8, 4) is 0 Å². The molecule has 0 saturated carbocycles. The molecule has 0 heterocycles. The van der Waals surface area contributed by atoms with Gasteiger partial charge in [-0.05, 0) is 24.3 Å². The van der Waals surface area contributed by atoms with E-state index in [0.717, 1.165) is 18.2 Å². The molecule has 0 spiro atoms. The predicted octanol–water partition coefficient (Wildman–Crippen LogP) is 4.27. The van der Waals surface area contributed by atoms with E-state index < -0.39 is 17.5 Å². The summed E-state index contributed by atoms with van der Waals surface area (Å²) in [4.78, 5) is 0. The standard InChI is InChI=1S/C14H9F3/c15-12-7-8-14(17)11(9-12)6-5-10-3-1-2-4-13(10)16/h1-9H/b6-5+. The van der Waals surface area contributed by atoms with Crippen molar-refractivity contribution >= 4 is 12.2 Å². The van der Waals surface area contributed by atoms with Crippen LogP contribution in [0.5, 0.6) is 0 Å². The van der Waals surface area contributed by atoms with Crippen LogP contribution in [0.1, 0.15) is 11.1 Å². The summed E-state index contributed by atoms with van der Waals surface area (Å²) in [5, 5.41) is 0. The van der Waals surface area contributed by atoms with Gasteiger partial charge in [0.2, 0.25) is 0 Å². The summed E-state index contributed by atoms with van der Waals surface area (Å²) in [7, 11) is 0. The Morgan fingerprint density at radius 3 is 2.12 bits per heavy atom. The highest BCUT2D eigenvalue weighted by atomic mass is 19.1. The Labute approximate surface area is 97.0 Å². The molecule has 0 aromatic heterocycles. The maximum Gasteiger partial charge on any atom is 0.130 e. The molecule has 0 nitrogen and oxygen atoms in total. The Hall–Kier alpha value is -2.03. The van der Waals surface area contributed by atoms with E-state index in [2.05, 4.69) is 0 Å². The van der Waals surface area contributed by atoms with E-state index in [-0.39, 0.29) is 5.56 Å². The maximum atomic E-state index is 13.3. The first-order chi connectivity index (χ1) is 8.16.